The van der Waals surface area contributed by atoms with Gasteiger partial charge in [-0.1, -0.05) is 44.2 Å². The maximum Gasteiger partial charge on any atom is 0.410 e. The standard InChI is InChI=1S/C21H31N3O3/c1-15(2)19(22)20(25)23-12-10-18(11-13-23)24(17-8-9-17)21(26)27-14-16-6-4-3-5-7-16/h3-7,15,17-19H,8-14,22H2,1-2H3/t19-/m0/s1. The van der Waals surface area contributed by atoms with Crippen LogP contribution >= 0.6 is 0 Å². The first-order chi connectivity index (χ1) is 13.0. The molecule has 1 saturated heterocycles. The summed E-state index contributed by atoms with van der Waals surface area (Å²) in [6.45, 7) is 5.53. The third-order valence-electron chi connectivity index (χ3n) is 5.53. The lowest BCUT2D eigenvalue weighted by Crippen LogP contribution is -2.53. The number of hydrogen-bond donors (Lipinski definition) is 1. The van der Waals surface area contributed by atoms with Crippen molar-refractivity contribution in [2.75, 3.05) is 13.1 Å². The predicted molar refractivity (Wildman–Crippen MR) is 104 cm³/mol. The largest absolute Gasteiger partial charge is 0.445 e. The molecule has 1 saturated carbocycles. The van der Waals surface area contributed by atoms with Crippen LogP contribution in [0.3, 0.4) is 0 Å². The number of hydrogen-bond acceptors (Lipinski definition) is 4. The summed E-state index contributed by atoms with van der Waals surface area (Å²) in [5.74, 6) is 0.152. The molecule has 0 spiro atoms. The van der Waals surface area contributed by atoms with E-state index in [-0.39, 0.29) is 24.0 Å². The molecule has 2 N–H and O–H groups in total. The first-order valence-corrected chi connectivity index (χ1v) is 10.0. The highest BCUT2D eigenvalue weighted by Crippen LogP contribution is 2.32. The van der Waals surface area contributed by atoms with Crippen LogP contribution in [0.15, 0.2) is 30.3 Å². The zero-order chi connectivity index (χ0) is 19.4. The third kappa shape index (κ3) is 5.01. The van der Waals surface area contributed by atoms with Gasteiger partial charge in [0.25, 0.3) is 0 Å². The Labute approximate surface area is 161 Å². The van der Waals surface area contributed by atoms with Gasteiger partial charge in [-0.25, -0.2) is 4.79 Å². The molecule has 148 valence electrons. The van der Waals surface area contributed by atoms with E-state index in [1.54, 1.807) is 0 Å². The molecule has 6 heteroatoms. The zero-order valence-electron chi connectivity index (χ0n) is 16.3. The summed E-state index contributed by atoms with van der Waals surface area (Å²) < 4.78 is 5.58. The second kappa shape index (κ2) is 8.74. The van der Waals surface area contributed by atoms with E-state index in [2.05, 4.69) is 0 Å². The fourth-order valence-electron chi connectivity index (χ4n) is 3.60. The lowest BCUT2D eigenvalue weighted by Gasteiger charge is -2.39. The topological polar surface area (TPSA) is 75.9 Å². The van der Waals surface area contributed by atoms with E-state index in [1.165, 1.54) is 0 Å². The Morgan fingerprint density at radius 2 is 1.70 bits per heavy atom. The van der Waals surface area contributed by atoms with Gasteiger partial charge in [-0.15, -0.1) is 0 Å². The third-order valence-corrected chi connectivity index (χ3v) is 5.53. The molecule has 6 nitrogen and oxygen atoms in total. The second-order valence-corrected chi connectivity index (χ2v) is 8.00. The summed E-state index contributed by atoms with van der Waals surface area (Å²) in [5.41, 5.74) is 7.00. The Bertz CT molecular complexity index is 637. The van der Waals surface area contributed by atoms with Crippen LogP contribution in [0.25, 0.3) is 0 Å². The molecular formula is C21H31N3O3. The Balaban J connectivity index is 1.54. The fraction of sp³-hybridized carbons (Fsp3) is 0.619. The molecule has 0 unspecified atom stereocenters. The Hall–Kier alpha value is -2.08. The van der Waals surface area contributed by atoms with Crippen molar-refractivity contribution < 1.29 is 14.3 Å². The highest BCUT2D eigenvalue weighted by Gasteiger charge is 2.40. The average molecular weight is 373 g/mol. The number of carbonyl (C=O) groups is 2. The second-order valence-electron chi connectivity index (χ2n) is 8.00. The fourth-order valence-corrected chi connectivity index (χ4v) is 3.60. The molecule has 1 atom stereocenters. The molecule has 1 aromatic rings. The molecule has 1 aliphatic heterocycles. The van der Waals surface area contributed by atoms with Crippen molar-refractivity contribution in [3.8, 4) is 0 Å². The van der Waals surface area contributed by atoms with Crippen LogP contribution in [0, 0.1) is 5.92 Å². The molecule has 1 aliphatic carbocycles. The monoisotopic (exact) mass is 373 g/mol. The van der Waals surface area contributed by atoms with E-state index < -0.39 is 6.04 Å². The molecule has 1 heterocycles. The van der Waals surface area contributed by atoms with Crippen molar-refractivity contribution in [2.24, 2.45) is 11.7 Å². The lowest BCUT2D eigenvalue weighted by atomic mass is 9.99. The summed E-state index contributed by atoms with van der Waals surface area (Å²) in [6, 6.07) is 9.72. The SMILES string of the molecule is CC(C)[C@H](N)C(=O)N1CCC(N(C(=O)OCc2ccccc2)C2CC2)CC1. The highest BCUT2D eigenvalue weighted by molar-refractivity contribution is 5.82. The van der Waals surface area contributed by atoms with Gasteiger partial charge in [-0.3, -0.25) is 4.79 Å². The number of benzene rings is 1. The molecule has 2 amide bonds. The molecule has 0 radical (unpaired) electrons. The van der Waals surface area contributed by atoms with Crippen LogP contribution in [-0.4, -0.2) is 53.0 Å². The first-order valence-electron chi connectivity index (χ1n) is 10.0. The van der Waals surface area contributed by atoms with Gasteiger partial charge in [-0.2, -0.15) is 0 Å². The van der Waals surface area contributed by atoms with E-state index in [0.717, 1.165) is 31.2 Å². The van der Waals surface area contributed by atoms with Crippen LogP contribution in [0.4, 0.5) is 4.79 Å². The molecule has 27 heavy (non-hydrogen) atoms. The van der Waals surface area contributed by atoms with Gasteiger partial charge in [-0.05, 0) is 37.2 Å². The molecule has 0 bridgehead atoms. The number of piperidine rings is 1. The molecule has 3 rings (SSSR count). The van der Waals surface area contributed by atoms with Crippen molar-refractivity contribution in [1.29, 1.82) is 0 Å². The lowest BCUT2D eigenvalue weighted by molar-refractivity contribution is -0.135. The number of ether oxygens (including phenoxy) is 1. The summed E-state index contributed by atoms with van der Waals surface area (Å²) in [5, 5.41) is 0. The predicted octanol–water partition coefficient (Wildman–Crippen LogP) is 2.76. The van der Waals surface area contributed by atoms with Gasteiger partial charge in [0, 0.05) is 25.2 Å². The van der Waals surface area contributed by atoms with E-state index in [1.807, 2.05) is 54.0 Å². The smallest absolute Gasteiger partial charge is 0.410 e. The number of rotatable bonds is 6. The van der Waals surface area contributed by atoms with Crippen molar-refractivity contribution in [2.45, 2.75) is 64.3 Å². The van der Waals surface area contributed by atoms with Gasteiger partial charge in [0.2, 0.25) is 5.91 Å². The minimum absolute atomic E-state index is 0.0214. The van der Waals surface area contributed by atoms with Crippen LogP contribution < -0.4 is 5.73 Å². The molecule has 2 fully saturated rings. The quantitative estimate of drug-likeness (QED) is 0.832. The number of carbonyl (C=O) groups excluding carboxylic acids is 2. The summed E-state index contributed by atoms with van der Waals surface area (Å²) in [4.78, 5) is 28.9. The van der Waals surface area contributed by atoms with E-state index in [0.29, 0.717) is 25.7 Å². The van der Waals surface area contributed by atoms with E-state index in [9.17, 15) is 9.59 Å². The van der Waals surface area contributed by atoms with E-state index >= 15 is 0 Å². The first kappa shape index (κ1) is 19.7. The molecular weight excluding hydrogens is 342 g/mol. The van der Waals surface area contributed by atoms with Crippen LogP contribution in [-0.2, 0) is 16.1 Å². The maximum atomic E-state index is 12.7. The minimum Gasteiger partial charge on any atom is -0.445 e. The van der Waals surface area contributed by atoms with Crippen molar-refractivity contribution in [3.63, 3.8) is 0 Å². The van der Waals surface area contributed by atoms with Crippen LogP contribution in [0.1, 0.15) is 45.1 Å². The highest BCUT2D eigenvalue weighted by atomic mass is 16.6. The van der Waals surface area contributed by atoms with Crippen molar-refractivity contribution >= 4 is 12.0 Å². The van der Waals surface area contributed by atoms with Gasteiger partial charge < -0.3 is 20.3 Å². The van der Waals surface area contributed by atoms with Crippen LogP contribution in [0.5, 0.6) is 0 Å². The minimum atomic E-state index is -0.447. The average Bonchev–Trinajstić information content (AvgIpc) is 3.51. The summed E-state index contributed by atoms with van der Waals surface area (Å²) >= 11 is 0. The number of amides is 2. The Kier molecular flexibility index (Phi) is 6.37. The summed E-state index contributed by atoms with van der Waals surface area (Å²) in [6.07, 6.45) is 3.42. The van der Waals surface area contributed by atoms with Gasteiger partial charge in [0.1, 0.15) is 6.61 Å². The number of nitrogens with two attached hydrogens (primary N) is 1. The van der Waals surface area contributed by atoms with Gasteiger partial charge in [0.15, 0.2) is 0 Å². The zero-order valence-corrected chi connectivity index (χ0v) is 16.3. The number of nitrogens with zero attached hydrogens (tertiary/aromatic N) is 2. The Morgan fingerprint density at radius 3 is 2.26 bits per heavy atom. The van der Waals surface area contributed by atoms with Crippen molar-refractivity contribution in [1.82, 2.24) is 9.80 Å². The normalized spacial score (nSPS) is 19.0. The van der Waals surface area contributed by atoms with E-state index in [4.69, 9.17) is 10.5 Å². The van der Waals surface area contributed by atoms with Crippen molar-refractivity contribution in [3.05, 3.63) is 35.9 Å². The summed E-state index contributed by atoms with van der Waals surface area (Å²) in [7, 11) is 0. The van der Waals surface area contributed by atoms with Crippen LogP contribution in [0.2, 0.25) is 0 Å². The molecule has 0 aromatic heterocycles. The molecule has 2 aliphatic rings. The van der Waals surface area contributed by atoms with Gasteiger partial charge in [0.05, 0.1) is 6.04 Å². The Morgan fingerprint density at radius 1 is 1.11 bits per heavy atom. The number of likely N-dealkylation sites (tertiary alicyclic amines) is 1. The molecule has 1 aromatic carbocycles. The van der Waals surface area contributed by atoms with Gasteiger partial charge >= 0.3 is 6.09 Å². The maximum absolute atomic E-state index is 12.7.